The van der Waals surface area contributed by atoms with E-state index in [1.807, 2.05) is 12.3 Å². The van der Waals surface area contributed by atoms with Gasteiger partial charge in [0.1, 0.15) is 11.6 Å². The molecule has 0 spiro atoms. The van der Waals surface area contributed by atoms with Crippen LogP contribution in [0.3, 0.4) is 0 Å². The maximum Gasteiger partial charge on any atom is 0.191 e. The zero-order chi connectivity index (χ0) is 15.3. The molecule has 0 bridgehead atoms. The second-order valence-corrected chi connectivity index (χ2v) is 5.57. The highest BCUT2D eigenvalue weighted by molar-refractivity contribution is 7.98. The largest absolute Gasteiger partial charge is 0.381 e. The number of nitrogens with one attached hydrogen (secondary N) is 2. The van der Waals surface area contributed by atoms with E-state index in [1.165, 1.54) is 6.42 Å². The molecule has 1 heterocycles. The van der Waals surface area contributed by atoms with Crippen molar-refractivity contribution in [3.63, 3.8) is 0 Å². The highest BCUT2D eigenvalue weighted by Gasteiger charge is 2.03. The van der Waals surface area contributed by atoms with Crippen LogP contribution in [0.4, 0.5) is 11.6 Å². The third-order valence-electron chi connectivity index (χ3n) is 2.86. The molecule has 0 aromatic carbocycles. The Hall–Kier alpha value is -1.01. The molecule has 0 unspecified atom stereocenters. The Morgan fingerprint density at radius 1 is 1.00 bits per heavy atom. The van der Waals surface area contributed by atoms with E-state index in [9.17, 15) is 0 Å². The van der Waals surface area contributed by atoms with Crippen molar-refractivity contribution in [2.24, 2.45) is 0 Å². The summed E-state index contributed by atoms with van der Waals surface area (Å²) in [5.74, 6) is 1.76. The summed E-state index contributed by atoms with van der Waals surface area (Å²) in [5, 5.41) is 7.44. The molecule has 1 aromatic heterocycles. The van der Waals surface area contributed by atoms with Gasteiger partial charge in [0, 0.05) is 32.4 Å². The molecule has 0 amide bonds. The number of ether oxygens (including phenoxy) is 1. The molecule has 0 aliphatic carbocycles. The van der Waals surface area contributed by atoms with Gasteiger partial charge in [-0.05, 0) is 25.5 Å². The Labute approximate surface area is 132 Å². The van der Waals surface area contributed by atoms with E-state index in [4.69, 9.17) is 4.74 Å². The molecule has 0 aliphatic rings. The number of aromatic nitrogens is 2. The zero-order valence-corrected chi connectivity index (χ0v) is 14.3. The van der Waals surface area contributed by atoms with E-state index in [2.05, 4.69) is 34.4 Å². The van der Waals surface area contributed by atoms with Gasteiger partial charge in [0.05, 0.1) is 0 Å². The second-order valence-electron chi connectivity index (χ2n) is 4.80. The first-order chi connectivity index (χ1) is 10.3. The average molecular weight is 312 g/mol. The van der Waals surface area contributed by atoms with Crippen LogP contribution < -0.4 is 10.6 Å². The predicted octanol–water partition coefficient (Wildman–Crippen LogP) is 3.64. The summed E-state index contributed by atoms with van der Waals surface area (Å²) in [6.45, 7) is 7.77. The number of hydrogen-bond acceptors (Lipinski definition) is 6. The van der Waals surface area contributed by atoms with Crippen LogP contribution in [0.15, 0.2) is 11.2 Å². The molecular weight excluding hydrogens is 284 g/mol. The van der Waals surface area contributed by atoms with Gasteiger partial charge in [-0.1, -0.05) is 32.0 Å². The van der Waals surface area contributed by atoms with Gasteiger partial charge >= 0.3 is 0 Å². The van der Waals surface area contributed by atoms with Crippen LogP contribution in [0.2, 0.25) is 0 Å². The van der Waals surface area contributed by atoms with Crippen LogP contribution >= 0.6 is 11.8 Å². The molecule has 6 heteroatoms. The minimum absolute atomic E-state index is 0.790. The number of unbranched alkanes of at least 4 members (excludes halogenated alkanes) is 1. The molecule has 0 aliphatic heterocycles. The van der Waals surface area contributed by atoms with E-state index in [0.29, 0.717) is 0 Å². The monoisotopic (exact) mass is 312 g/mol. The topological polar surface area (TPSA) is 59.1 Å². The van der Waals surface area contributed by atoms with E-state index in [1.54, 1.807) is 11.8 Å². The molecular formula is C15H28N4OS. The van der Waals surface area contributed by atoms with Crippen molar-refractivity contribution in [3.05, 3.63) is 6.07 Å². The highest BCUT2D eigenvalue weighted by atomic mass is 32.2. The van der Waals surface area contributed by atoms with Crippen LogP contribution in [0, 0.1) is 0 Å². The lowest BCUT2D eigenvalue weighted by atomic mass is 10.3. The first kappa shape index (κ1) is 18.0. The molecule has 0 fully saturated rings. The van der Waals surface area contributed by atoms with E-state index >= 15 is 0 Å². The number of thioether (sulfide) groups is 1. The summed E-state index contributed by atoms with van der Waals surface area (Å²) in [7, 11) is 0. The first-order valence-corrected chi connectivity index (χ1v) is 9.01. The van der Waals surface area contributed by atoms with Crippen molar-refractivity contribution < 1.29 is 4.74 Å². The molecule has 5 nitrogen and oxygen atoms in total. The number of nitrogens with zero attached hydrogens (tertiary/aromatic N) is 2. The van der Waals surface area contributed by atoms with Crippen LogP contribution in [0.5, 0.6) is 0 Å². The van der Waals surface area contributed by atoms with Gasteiger partial charge in [-0.3, -0.25) is 0 Å². The Morgan fingerprint density at radius 2 is 1.67 bits per heavy atom. The van der Waals surface area contributed by atoms with E-state index < -0.39 is 0 Å². The summed E-state index contributed by atoms with van der Waals surface area (Å²) in [5.41, 5.74) is 0. The summed E-state index contributed by atoms with van der Waals surface area (Å²) < 4.78 is 5.54. The van der Waals surface area contributed by atoms with E-state index in [0.717, 1.165) is 62.4 Å². The minimum Gasteiger partial charge on any atom is -0.381 e. The van der Waals surface area contributed by atoms with Crippen LogP contribution in [0.1, 0.15) is 39.5 Å². The van der Waals surface area contributed by atoms with Crippen LogP contribution in [-0.4, -0.2) is 42.5 Å². The summed E-state index contributed by atoms with van der Waals surface area (Å²) in [4.78, 5) is 8.91. The number of hydrogen-bond donors (Lipinski definition) is 2. The third kappa shape index (κ3) is 8.12. The van der Waals surface area contributed by atoms with Crippen molar-refractivity contribution in [1.82, 2.24) is 9.97 Å². The maximum absolute atomic E-state index is 5.54. The number of rotatable bonds is 12. The molecule has 0 saturated heterocycles. The van der Waals surface area contributed by atoms with Crippen molar-refractivity contribution in [2.75, 3.05) is 43.2 Å². The first-order valence-electron chi connectivity index (χ1n) is 7.78. The summed E-state index contributed by atoms with van der Waals surface area (Å²) in [6.07, 6.45) is 6.38. The third-order valence-corrected chi connectivity index (χ3v) is 3.41. The summed E-state index contributed by atoms with van der Waals surface area (Å²) in [6, 6.07) is 1.97. The van der Waals surface area contributed by atoms with Gasteiger partial charge in [0.15, 0.2) is 5.16 Å². The lowest BCUT2D eigenvalue weighted by Crippen LogP contribution is -2.10. The molecule has 2 N–H and O–H groups in total. The summed E-state index contributed by atoms with van der Waals surface area (Å²) >= 11 is 1.56. The zero-order valence-electron chi connectivity index (χ0n) is 13.4. The molecule has 21 heavy (non-hydrogen) atoms. The Morgan fingerprint density at radius 3 is 2.29 bits per heavy atom. The fourth-order valence-electron chi connectivity index (χ4n) is 1.69. The standard InChI is InChI=1S/C15H28N4OS/c1-4-6-10-20-11-7-9-17-14-12-13(16-8-5-2)18-15(19-14)21-3/h12H,4-11H2,1-3H3,(H2,16,17,18,19). The SMILES string of the molecule is CCCCOCCCNc1cc(NCCC)nc(SC)n1. The van der Waals surface area contributed by atoms with Crippen molar-refractivity contribution >= 4 is 23.4 Å². The van der Waals surface area contributed by atoms with Crippen molar-refractivity contribution in [1.29, 1.82) is 0 Å². The van der Waals surface area contributed by atoms with Crippen LogP contribution in [-0.2, 0) is 4.74 Å². The lowest BCUT2D eigenvalue weighted by molar-refractivity contribution is 0.131. The molecule has 0 radical (unpaired) electrons. The second kappa shape index (κ2) is 11.6. The fourth-order valence-corrected chi connectivity index (χ4v) is 2.07. The maximum atomic E-state index is 5.54. The van der Waals surface area contributed by atoms with Gasteiger partial charge in [-0.2, -0.15) is 0 Å². The minimum atomic E-state index is 0.790. The normalized spacial score (nSPS) is 10.6. The molecule has 1 rings (SSSR count). The van der Waals surface area contributed by atoms with Gasteiger partial charge in [0.25, 0.3) is 0 Å². The highest BCUT2D eigenvalue weighted by Crippen LogP contribution is 2.17. The van der Waals surface area contributed by atoms with Gasteiger partial charge < -0.3 is 15.4 Å². The smallest absolute Gasteiger partial charge is 0.191 e. The molecule has 0 saturated carbocycles. The lowest BCUT2D eigenvalue weighted by Gasteiger charge is -2.10. The van der Waals surface area contributed by atoms with Gasteiger partial charge in [-0.15, -0.1) is 0 Å². The molecule has 1 aromatic rings. The van der Waals surface area contributed by atoms with Gasteiger partial charge in [-0.25, -0.2) is 9.97 Å². The Balaban J connectivity index is 2.35. The fraction of sp³-hybridized carbons (Fsp3) is 0.733. The van der Waals surface area contributed by atoms with Crippen LogP contribution in [0.25, 0.3) is 0 Å². The number of anilines is 2. The van der Waals surface area contributed by atoms with E-state index in [-0.39, 0.29) is 0 Å². The molecule has 120 valence electrons. The van der Waals surface area contributed by atoms with Gasteiger partial charge in [0.2, 0.25) is 0 Å². The Bertz CT molecular complexity index is 390. The molecule has 0 atom stereocenters. The van der Waals surface area contributed by atoms with Crippen molar-refractivity contribution in [2.45, 2.75) is 44.7 Å². The average Bonchev–Trinajstić information content (AvgIpc) is 2.51. The van der Waals surface area contributed by atoms with Crippen molar-refractivity contribution in [3.8, 4) is 0 Å². The predicted molar refractivity (Wildman–Crippen MR) is 91.4 cm³/mol. The quantitative estimate of drug-likeness (QED) is 0.349. The Kier molecular flexibility index (Phi) is 9.99.